The molecule has 1 aliphatic rings. The molecule has 0 atom stereocenters. The standard InChI is InChI=1S/C16H15ClS/c1-10-4-6-12-13-7-5-11(2)9-15(13)16(3,18-17)14(12)8-10/h4-9H,1-3H3. The maximum atomic E-state index is 6.23. The van der Waals surface area contributed by atoms with E-state index >= 15 is 0 Å². The van der Waals surface area contributed by atoms with E-state index in [1.807, 2.05) is 0 Å². The van der Waals surface area contributed by atoms with Gasteiger partial charge in [-0.1, -0.05) is 47.5 Å². The fourth-order valence-corrected chi connectivity index (χ4v) is 3.81. The molecule has 0 saturated carbocycles. The summed E-state index contributed by atoms with van der Waals surface area (Å²) in [6.45, 7) is 6.48. The van der Waals surface area contributed by atoms with Gasteiger partial charge < -0.3 is 0 Å². The SMILES string of the molecule is Cc1ccc2c(c1)C(C)(SCl)c1cc(C)ccc1-2. The van der Waals surface area contributed by atoms with E-state index in [2.05, 4.69) is 57.2 Å². The molecule has 0 amide bonds. The van der Waals surface area contributed by atoms with Crippen molar-refractivity contribution in [3.63, 3.8) is 0 Å². The Morgan fingerprint density at radius 3 is 1.72 bits per heavy atom. The summed E-state index contributed by atoms with van der Waals surface area (Å²) >= 11 is 0. The minimum absolute atomic E-state index is 0.135. The number of rotatable bonds is 1. The van der Waals surface area contributed by atoms with Crippen LogP contribution in [0, 0.1) is 13.8 Å². The second-order valence-electron chi connectivity index (χ2n) is 5.21. The highest BCUT2D eigenvalue weighted by atomic mass is 35.7. The van der Waals surface area contributed by atoms with Crippen molar-refractivity contribution in [3.05, 3.63) is 58.7 Å². The largest absolute Gasteiger partial charge is 0.0792 e. The predicted octanol–water partition coefficient (Wildman–Crippen LogP) is 5.43. The van der Waals surface area contributed by atoms with E-state index in [0.29, 0.717) is 0 Å². The molecule has 0 nitrogen and oxygen atoms in total. The zero-order chi connectivity index (χ0) is 12.9. The van der Waals surface area contributed by atoms with Gasteiger partial charge in [-0.2, -0.15) is 0 Å². The molecule has 0 aromatic heterocycles. The summed E-state index contributed by atoms with van der Waals surface area (Å²) in [7, 11) is 7.64. The maximum Gasteiger partial charge on any atom is 0.0792 e. The topological polar surface area (TPSA) is 0 Å². The van der Waals surface area contributed by atoms with E-state index in [4.69, 9.17) is 10.7 Å². The zero-order valence-corrected chi connectivity index (χ0v) is 12.3. The number of fused-ring (bicyclic) bond motifs is 3. The molecule has 18 heavy (non-hydrogen) atoms. The van der Waals surface area contributed by atoms with E-state index in [1.54, 1.807) is 0 Å². The van der Waals surface area contributed by atoms with Crippen molar-refractivity contribution in [2.45, 2.75) is 25.5 Å². The van der Waals surface area contributed by atoms with Crippen molar-refractivity contribution in [2.75, 3.05) is 0 Å². The van der Waals surface area contributed by atoms with Crippen LogP contribution in [-0.4, -0.2) is 0 Å². The molecule has 0 fully saturated rings. The Hall–Kier alpha value is -0.920. The molecule has 0 radical (unpaired) electrons. The van der Waals surface area contributed by atoms with E-state index in [0.717, 1.165) is 0 Å². The van der Waals surface area contributed by atoms with Gasteiger partial charge in [0.1, 0.15) is 0 Å². The highest BCUT2D eigenvalue weighted by Crippen LogP contribution is 2.56. The summed E-state index contributed by atoms with van der Waals surface area (Å²) in [5, 5.41) is 0. The van der Waals surface area contributed by atoms with Crippen molar-refractivity contribution in [2.24, 2.45) is 0 Å². The van der Waals surface area contributed by atoms with Crippen LogP contribution in [0.3, 0.4) is 0 Å². The molecule has 3 rings (SSSR count). The van der Waals surface area contributed by atoms with Crippen molar-refractivity contribution < 1.29 is 0 Å². The Balaban J connectivity index is 2.37. The molecular formula is C16H15ClS. The average Bonchev–Trinajstić information content (AvgIpc) is 2.60. The zero-order valence-electron chi connectivity index (χ0n) is 10.8. The Morgan fingerprint density at radius 1 is 0.889 bits per heavy atom. The molecule has 0 unspecified atom stereocenters. The first-order valence-corrected chi connectivity index (χ1v) is 7.73. The van der Waals surface area contributed by atoms with E-state index in [-0.39, 0.29) is 4.75 Å². The normalized spacial score (nSPS) is 15.3. The molecule has 92 valence electrons. The highest BCUT2D eigenvalue weighted by molar-refractivity contribution is 8.21. The van der Waals surface area contributed by atoms with E-state index in [1.165, 1.54) is 44.4 Å². The summed E-state index contributed by atoms with van der Waals surface area (Å²) in [6, 6.07) is 13.3. The summed E-state index contributed by atoms with van der Waals surface area (Å²) in [5.74, 6) is 0. The van der Waals surface area contributed by atoms with Crippen LogP contribution < -0.4 is 0 Å². The van der Waals surface area contributed by atoms with Gasteiger partial charge >= 0.3 is 0 Å². The number of halogens is 1. The lowest BCUT2D eigenvalue weighted by molar-refractivity contribution is 0.872. The van der Waals surface area contributed by atoms with Gasteiger partial charge in [0, 0.05) is 0 Å². The number of aryl methyl sites for hydroxylation is 2. The monoisotopic (exact) mass is 274 g/mol. The summed E-state index contributed by atoms with van der Waals surface area (Å²) in [4.78, 5) is 0. The van der Waals surface area contributed by atoms with Crippen molar-refractivity contribution in [3.8, 4) is 11.1 Å². The minimum atomic E-state index is -0.135. The predicted molar refractivity (Wildman–Crippen MR) is 81.3 cm³/mol. The fraction of sp³-hybridized carbons (Fsp3) is 0.250. The molecule has 0 aliphatic heterocycles. The fourth-order valence-electron chi connectivity index (χ4n) is 2.80. The third-order valence-corrected chi connectivity index (χ3v) is 5.50. The van der Waals surface area contributed by atoms with Gasteiger partial charge in [-0.05, 0) is 64.7 Å². The lowest BCUT2D eigenvalue weighted by atomic mass is 9.96. The van der Waals surface area contributed by atoms with Gasteiger partial charge in [-0.3, -0.25) is 0 Å². The van der Waals surface area contributed by atoms with Crippen molar-refractivity contribution in [1.29, 1.82) is 0 Å². The molecule has 1 aliphatic carbocycles. The van der Waals surface area contributed by atoms with Crippen molar-refractivity contribution in [1.82, 2.24) is 0 Å². The number of hydrogen-bond donors (Lipinski definition) is 0. The highest BCUT2D eigenvalue weighted by Gasteiger charge is 2.39. The van der Waals surface area contributed by atoms with Gasteiger partial charge in [0.25, 0.3) is 0 Å². The van der Waals surface area contributed by atoms with Crippen LogP contribution in [0.4, 0.5) is 0 Å². The van der Waals surface area contributed by atoms with Crippen LogP contribution in [0.5, 0.6) is 0 Å². The first-order chi connectivity index (χ1) is 8.56. The van der Waals surface area contributed by atoms with E-state index < -0.39 is 0 Å². The van der Waals surface area contributed by atoms with Crippen LogP contribution >= 0.6 is 21.7 Å². The average molecular weight is 275 g/mol. The molecular weight excluding hydrogens is 260 g/mol. The third kappa shape index (κ3) is 1.54. The first-order valence-electron chi connectivity index (χ1n) is 6.08. The molecule has 2 aromatic rings. The second-order valence-corrected chi connectivity index (χ2v) is 6.64. The van der Waals surface area contributed by atoms with Gasteiger partial charge in [-0.15, -0.1) is 0 Å². The van der Waals surface area contributed by atoms with Crippen LogP contribution in [0.2, 0.25) is 0 Å². The number of hydrogen-bond acceptors (Lipinski definition) is 1. The summed E-state index contributed by atoms with van der Waals surface area (Å²) < 4.78 is -0.135. The van der Waals surface area contributed by atoms with Gasteiger partial charge in [0.15, 0.2) is 0 Å². The Labute approximate surface area is 117 Å². The Kier molecular flexibility index (Phi) is 2.72. The first kappa shape index (κ1) is 12.1. The van der Waals surface area contributed by atoms with Crippen LogP contribution in [0.15, 0.2) is 36.4 Å². The molecule has 0 saturated heterocycles. The molecule has 0 heterocycles. The molecule has 0 bridgehead atoms. The third-order valence-electron chi connectivity index (χ3n) is 3.82. The molecule has 2 heteroatoms. The minimum Gasteiger partial charge on any atom is -0.0587 e. The van der Waals surface area contributed by atoms with Gasteiger partial charge in [0.2, 0.25) is 0 Å². The summed E-state index contributed by atoms with van der Waals surface area (Å²) in [5.41, 5.74) is 7.90. The van der Waals surface area contributed by atoms with Gasteiger partial charge in [-0.25, -0.2) is 0 Å². The Bertz CT molecular complexity index is 579. The van der Waals surface area contributed by atoms with Crippen LogP contribution in [-0.2, 0) is 4.75 Å². The summed E-state index contributed by atoms with van der Waals surface area (Å²) in [6.07, 6.45) is 0. The van der Waals surface area contributed by atoms with E-state index in [9.17, 15) is 0 Å². The van der Waals surface area contributed by atoms with Gasteiger partial charge in [0.05, 0.1) is 4.75 Å². The van der Waals surface area contributed by atoms with Crippen molar-refractivity contribution >= 4 is 21.7 Å². The quantitative estimate of drug-likeness (QED) is 0.668. The molecule has 0 spiro atoms. The molecule has 0 N–H and O–H groups in total. The second kappa shape index (κ2) is 4.04. The lowest BCUT2D eigenvalue weighted by Crippen LogP contribution is -2.14. The Morgan fingerprint density at radius 2 is 1.33 bits per heavy atom. The van der Waals surface area contributed by atoms with Crippen LogP contribution in [0.25, 0.3) is 11.1 Å². The number of benzene rings is 2. The molecule has 2 aromatic carbocycles. The van der Waals surface area contributed by atoms with Crippen LogP contribution in [0.1, 0.15) is 29.2 Å². The lowest BCUT2D eigenvalue weighted by Gasteiger charge is -2.23. The smallest absolute Gasteiger partial charge is 0.0587 e. The maximum absolute atomic E-state index is 6.23.